The van der Waals surface area contributed by atoms with Gasteiger partial charge in [0.05, 0.1) is 13.1 Å². The van der Waals surface area contributed by atoms with Gasteiger partial charge in [-0.1, -0.05) is 44.2 Å². The summed E-state index contributed by atoms with van der Waals surface area (Å²) < 4.78 is 0. The highest BCUT2D eigenvalue weighted by Crippen LogP contribution is 2.17. The molecule has 1 aliphatic rings. The van der Waals surface area contributed by atoms with Crippen molar-refractivity contribution >= 4 is 17.5 Å². The molecular weight excluding hydrogens is 302 g/mol. The van der Waals surface area contributed by atoms with Crippen molar-refractivity contribution in [1.82, 2.24) is 10.6 Å². The number of amides is 3. The van der Waals surface area contributed by atoms with Crippen molar-refractivity contribution in [2.24, 2.45) is 5.92 Å². The molecule has 0 radical (unpaired) electrons. The Morgan fingerprint density at radius 3 is 2.58 bits per heavy atom. The Morgan fingerprint density at radius 2 is 1.96 bits per heavy atom. The number of carbonyl (C=O) groups is 2. The fraction of sp³-hybridized carbons (Fsp3) is 0.474. The summed E-state index contributed by atoms with van der Waals surface area (Å²) in [5.74, 6) is 0.313. The first-order valence-electron chi connectivity index (χ1n) is 8.70. The Bertz CT molecular complexity index is 582. The lowest BCUT2D eigenvalue weighted by Gasteiger charge is -2.23. The van der Waals surface area contributed by atoms with Crippen LogP contribution < -0.4 is 15.5 Å². The number of nitrogens with one attached hydrogen (secondary N) is 3. The Hall–Kier alpha value is -2.14. The summed E-state index contributed by atoms with van der Waals surface area (Å²) >= 11 is 0. The van der Waals surface area contributed by atoms with E-state index in [1.54, 1.807) is 0 Å². The summed E-state index contributed by atoms with van der Waals surface area (Å²) in [7, 11) is 0. The predicted octanol–water partition coefficient (Wildman–Crippen LogP) is 1.23. The molecule has 0 spiro atoms. The molecule has 0 aliphatic carbocycles. The van der Waals surface area contributed by atoms with E-state index in [0.29, 0.717) is 19.0 Å². The molecule has 1 aromatic rings. The molecule has 1 heterocycles. The summed E-state index contributed by atoms with van der Waals surface area (Å²) in [4.78, 5) is 24.8. The second kappa shape index (κ2) is 9.23. The van der Waals surface area contributed by atoms with Crippen LogP contribution in [0.15, 0.2) is 36.4 Å². The van der Waals surface area contributed by atoms with E-state index in [-0.39, 0.29) is 5.91 Å². The molecule has 0 aromatic heterocycles. The van der Waals surface area contributed by atoms with Gasteiger partial charge in [-0.3, -0.25) is 10.1 Å². The third kappa shape index (κ3) is 6.16. The molecule has 5 nitrogen and oxygen atoms in total. The second-order valence-corrected chi connectivity index (χ2v) is 6.71. The van der Waals surface area contributed by atoms with Crippen LogP contribution in [0.1, 0.15) is 32.3 Å². The van der Waals surface area contributed by atoms with Gasteiger partial charge in [0.25, 0.3) is 5.91 Å². The third-order valence-corrected chi connectivity index (χ3v) is 4.20. The van der Waals surface area contributed by atoms with E-state index < -0.39 is 6.03 Å². The van der Waals surface area contributed by atoms with Crippen LogP contribution in [0.25, 0.3) is 5.57 Å². The van der Waals surface area contributed by atoms with E-state index in [9.17, 15) is 9.59 Å². The summed E-state index contributed by atoms with van der Waals surface area (Å²) in [6.07, 6.45) is 4.06. The first-order chi connectivity index (χ1) is 11.5. The standard InChI is InChI=1S/C19H27N3O2/c1-15(2)8-11-20-19(24)21-18(23)14-22-12-9-17(10-13-22)16-6-4-3-5-7-16/h3-7,9,15H,8,10-14H2,1-2H3,(H2,20,21,23,24)/p+1. The smallest absolute Gasteiger partial charge is 0.321 e. The molecule has 130 valence electrons. The van der Waals surface area contributed by atoms with Crippen molar-refractivity contribution in [2.45, 2.75) is 26.7 Å². The molecule has 2 rings (SSSR count). The zero-order valence-corrected chi connectivity index (χ0v) is 14.6. The van der Waals surface area contributed by atoms with Gasteiger partial charge < -0.3 is 10.2 Å². The van der Waals surface area contributed by atoms with Crippen LogP contribution in [0.5, 0.6) is 0 Å². The number of hydrogen-bond acceptors (Lipinski definition) is 2. The Labute approximate surface area is 144 Å². The van der Waals surface area contributed by atoms with Gasteiger partial charge in [-0.15, -0.1) is 0 Å². The number of benzene rings is 1. The minimum absolute atomic E-state index is 0.219. The number of quaternary nitrogens is 1. The van der Waals surface area contributed by atoms with E-state index in [1.807, 2.05) is 18.2 Å². The van der Waals surface area contributed by atoms with Crippen LogP contribution in [-0.2, 0) is 4.79 Å². The molecule has 1 atom stereocenters. The highest BCUT2D eigenvalue weighted by Gasteiger charge is 2.19. The lowest BCUT2D eigenvalue weighted by Crippen LogP contribution is -3.13. The van der Waals surface area contributed by atoms with Crippen molar-refractivity contribution in [3.8, 4) is 0 Å². The van der Waals surface area contributed by atoms with Crippen LogP contribution in [0.2, 0.25) is 0 Å². The molecule has 5 heteroatoms. The number of hydrogen-bond donors (Lipinski definition) is 3. The van der Waals surface area contributed by atoms with Gasteiger partial charge in [-0.25, -0.2) is 4.79 Å². The van der Waals surface area contributed by atoms with Crippen LogP contribution in [0.4, 0.5) is 4.79 Å². The predicted molar refractivity (Wildman–Crippen MR) is 95.6 cm³/mol. The van der Waals surface area contributed by atoms with Crippen LogP contribution in [-0.4, -0.2) is 38.1 Å². The number of carbonyl (C=O) groups excluding carboxylic acids is 2. The van der Waals surface area contributed by atoms with Crippen molar-refractivity contribution in [1.29, 1.82) is 0 Å². The lowest BCUT2D eigenvalue weighted by molar-refractivity contribution is -0.886. The molecule has 3 amide bonds. The Morgan fingerprint density at radius 1 is 1.21 bits per heavy atom. The van der Waals surface area contributed by atoms with E-state index >= 15 is 0 Å². The molecular formula is C19H28N3O2+. The average Bonchev–Trinajstić information content (AvgIpc) is 2.56. The summed E-state index contributed by atoms with van der Waals surface area (Å²) in [6.45, 7) is 6.84. The lowest BCUT2D eigenvalue weighted by atomic mass is 10.00. The molecule has 0 fully saturated rings. The average molecular weight is 330 g/mol. The molecule has 1 unspecified atom stereocenters. The fourth-order valence-corrected chi connectivity index (χ4v) is 2.77. The largest absolute Gasteiger partial charge is 0.338 e. The zero-order valence-electron chi connectivity index (χ0n) is 14.6. The van der Waals surface area contributed by atoms with Gasteiger partial charge in [0.15, 0.2) is 6.54 Å². The van der Waals surface area contributed by atoms with E-state index in [0.717, 1.165) is 25.9 Å². The van der Waals surface area contributed by atoms with Gasteiger partial charge in [-0.2, -0.15) is 0 Å². The molecule has 0 bridgehead atoms. The van der Waals surface area contributed by atoms with Crippen molar-refractivity contribution < 1.29 is 14.5 Å². The highest BCUT2D eigenvalue weighted by molar-refractivity contribution is 5.94. The molecule has 0 saturated heterocycles. The number of imide groups is 1. The molecule has 24 heavy (non-hydrogen) atoms. The molecule has 3 N–H and O–H groups in total. The minimum atomic E-state index is -0.391. The summed E-state index contributed by atoms with van der Waals surface area (Å²) in [6, 6.07) is 9.94. The molecule has 1 aliphatic heterocycles. The normalized spacial score (nSPS) is 17.3. The number of rotatable bonds is 6. The van der Waals surface area contributed by atoms with Crippen LogP contribution in [0.3, 0.4) is 0 Å². The maximum Gasteiger partial charge on any atom is 0.321 e. The van der Waals surface area contributed by atoms with Gasteiger partial charge in [0, 0.05) is 13.0 Å². The SMILES string of the molecule is CC(C)CCNC(=O)NC(=O)C[NH+]1CC=C(c2ccccc2)CC1. The van der Waals surface area contributed by atoms with Gasteiger partial charge in [0.2, 0.25) is 0 Å². The van der Waals surface area contributed by atoms with Crippen LogP contribution >= 0.6 is 0 Å². The summed E-state index contributed by atoms with van der Waals surface area (Å²) in [5, 5.41) is 5.13. The Balaban J connectivity index is 1.72. The summed E-state index contributed by atoms with van der Waals surface area (Å²) in [5.41, 5.74) is 2.59. The van der Waals surface area contributed by atoms with E-state index in [1.165, 1.54) is 16.0 Å². The maximum atomic E-state index is 12.0. The van der Waals surface area contributed by atoms with E-state index in [4.69, 9.17) is 0 Å². The zero-order chi connectivity index (χ0) is 17.4. The fourth-order valence-electron chi connectivity index (χ4n) is 2.77. The van der Waals surface area contributed by atoms with Gasteiger partial charge in [0.1, 0.15) is 0 Å². The monoisotopic (exact) mass is 330 g/mol. The minimum Gasteiger partial charge on any atom is -0.338 e. The van der Waals surface area contributed by atoms with Crippen molar-refractivity contribution in [2.75, 3.05) is 26.2 Å². The molecule has 1 aromatic carbocycles. The first kappa shape index (κ1) is 18.2. The topological polar surface area (TPSA) is 62.6 Å². The maximum absolute atomic E-state index is 12.0. The van der Waals surface area contributed by atoms with Crippen molar-refractivity contribution in [3.63, 3.8) is 0 Å². The van der Waals surface area contributed by atoms with Crippen LogP contribution in [0, 0.1) is 5.92 Å². The van der Waals surface area contributed by atoms with E-state index in [2.05, 4.69) is 42.7 Å². The van der Waals surface area contributed by atoms with Gasteiger partial charge in [-0.05, 0) is 29.6 Å². The number of urea groups is 1. The molecule has 0 saturated carbocycles. The first-order valence-corrected chi connectivity index (χ1v) is 8.70. The Kier molecular flexibility index (Phi) is 7.00. The van der Waals surface area contributed by atoms with Crippen molar-refractivity contribution in [3.05, 3.63) is 42.0 Å². The second-order valence-electron chi connectivity index (χ2n) is 6.71. The quantitative estimate of drug-likeness (QED) is 0.735. The van der Waals surface area contributed by atoms with Gasteiger partial charge >= 0.3 is 6.03 Å². The third-order valence-electron chi connectivity index (χ3n) is 4.20. The highest BCUT2D eigenvalue weighted by atomic mass is 16.2.